The van der Waals surface area contributed by atoms with Gasteiger partial charge in [0, 0.05) is 71.4 Å². The number of carbonyl (C=O) groups is 2. The van der Waals surface area contributed by atoms with Crippen molar-refractivity contribution in [3.63, 3.8) is 0 Å². The van der Waals surface area contributed by atoms with Crippen LogP contribution in [-0.4, -0.2) is 74.3 Å². The van der Waals surface area contributed by atoms with Gasteiger partial charge in [0.2, 0.25) is 5.91 Å². The summed E-state index contributed by atoms with van der Waals surface area (Å²) in [6.45, 7) is 1.48. The van der Waals surface area contributed by atoms with Crippen molar-refractivity contribution >= 4 is 11.8 Å². The number of nitrogens with zero attached hydrogens (tertiary/aromatic N) is 5. The third-order valence-electron chi connectivity index (χ3n) is 5.38. The topological polar surface area (TPSA) is 118 Å². The Hall–Kier alpha value is -2.75. The van der Waals surface area contributed by atoms with Crippen LogP contribution < -0.4 is 5.32 Å². The minimum Gasteiger partial charge on any atom is -0.368 e. The minimum atomic E-state index is -0.886. The lowest BCUT2D eigenvalue weighted by molar-refractivity contribution is -0.153. The first-order valence-electron chi connectivity index (χ1n) is 9.47. The highest BCUT2D eigenvalue weighted by Gasteiger charge is 2.42. The molecule has 0 bridgehead atoms. The average Bonchev–Trinajstić information content (AvgIpc) is 3.37. The second-order valence-electron chi connectivity index (χ2n) is 6.99. The third-order valence-corrected chi connectivity index (χ3v) is 5.38. The average molecular weight is 389 g/mol. The first-order chi connectivity index (χ1) is 13.5. The molecule has 2 aromatic rings. The van der Waals surface area contributed by atoms with Gasteiger partial charge in [-0.3, -0.25) is 14.3 Å². The Morgan fingerprint density at radius 1 is 1.32 bits per heavy atom. The van der Waals surface area contributed by atoms with Crippen molar-refractivity contribution in [3.05, 3.63) is 29.8 Å². The molecule has 0 aromatic carbocycles. The fourth-order valence-corrected chi connectivity index (χ4v) is 3.49. The molecule has 10 nitrogen and oxygen atoms in total. The first kappa shape index (κ1) is 20.0. The molecule has 0 spiro atoms. The van der Waals surface area contributed by atoms with Crippen LogP contribution >= 0.6 is 0 Å². The summed E-state index contributed by atoms with van der Waals surface area (Å²) >= 11 is 0. The van der Waals surface area contributed by atoms with Crippen LogP contribution in [0.25, 0.3) is 0 Å². The monoisotopic (exact) mass is 389 g/mol. The van der Waals surface area contributed by atoms with E-state index in [9.17, 15) is 9.59 Å². The van der Waals surface area contributed by atoms with Gasteiger partial charge in [0.1, 0.15) is 5.60 Å². The Morgan fingerprint density at radius 2 is 2.11 bits per heavy atom. The van der Waals surface area contributed by atoms with E-state index in [-0.39, 0.29) is 11.8 Å². The van der Waals surface area contributed by atoms with Gasteiger partial charge in [-0.05, 0) is 12.5 Å². The smallest absolute Gasteiger partial charge is 0.252 e. The molecule has 1 fully saturated rings. The van der Waals surface area contributed by atoms with E-state index in [4.69, 9.17) is 4.74 Å². The number of likely N-dealkylation sites (tertiary alicyclic amines) is 1. The summed E-state index contributed by atoms with van der Waals surface area (Å²) in [5, 5.41) is 17.3. The zero-order valence-electron chi connectivity index (χ0n) is 16.3. The summed E-state index contributed by atoms with van der Waals surface area (Å²) in [6.07, 6.45) is 6.02. The van der Waals surface area contributed by atoms with Gasteiger partial charge in [-0.25, -0.2) is 0 Å². The molecule has 1 aliphatic rings. The molecule has 0 saturated carbocycles. The first-order valence-corrected chi connectivity index (χ1v) is 9.47. The highest BCUT2D eigenvalue weighted by atomic mass is 16.5. The molecular formula is C18H27N7O3. The lowest BCUT2D eigenvalue weighted by Crippen LogP contribution is -2.56. The van der Waals surface area contributed by atoms with Crippen LogP contribution in [0.3, 0.4) is 0 Å². The Labute approximate surface area is 163 Å². The molecule has 28 heavy (non-hydrogen) atoms. The van der Waals surface area contributed by atoms with E-state index in [0.717, 1.165) is 11.4 Å². The number of aryl methyl sites for hydroxylation is 2. The van der Waals surface area contributed by atoms with Gasteiger partial charge >= 0.3 is 0 Å². The second kappa shape index (κ2) is 8.96. The molecule has 0 atom stereocenters. The van der Waals surface area contributed by atoms with Crippen molar-refractivity contribution in [2.45, 2.75) is 37.7 Å². The number of hydrogen-bond acceptors (Lipinski definition) is 6. The van der Waals surface area contributed by atoms with Crippen LogP contribution in [0, 0.1) is 0 Å². The van der Waals surface area contributed by atoms with E-state index in [1.54, 1.807) is 24.2 Å². The van der Waals surface area contributed by atoms with Gasteiger partial charge < -0.3 is 15.0 Å². The molecule has 152 valence electrons. The van der Waals surface area contributed by atoms with E-state index in [2.05, 4.69) is 25.8 Å². The maximum absolute atomic E-state index is 12.7. The molecule has 2 N–H and O–H groups in total. The number of aromatic amines is 1. The van der Waals surface area contributed by atoms with Crippen molar-refractivity contribution in [1.82, 2.24) is 35.4 Å². The molecule has 3 heterocycles. The zero-order valence-corrected chi connectivity index (χ0v) is 16.3. The third kappa shape index (κ3) is 4.56. The van der Waals surface area contributed by atoms with E-state index in [0.29, 0.717) is 51.7 Å². The number of nitrogens with one attached hydrogen (secondary N) is 2. The molecule has 1 saturated heterocycles. The largest absolute Gasteiger partial charge is 0.368 e. The molecule has 2 aromatic heterocycles. The summed E-state index contributed by atoms with van der Waals surface area (Å²) in [5.74, 6) is -0.0437. The van der Waals surface area contributed by atoms with Crippen LogP contribution in [0.1, 0.15) is 30.7 Å². The van der Waals surface area contributed by atoms with E-state index in [1.165, 1.54) is 0 Å². The summed E-state index contributed by atoms with van der Waals surface area (Å²) in [4.78, 5) is 27.0. The maximum atomic E-state index is 12.7. The van der Waals surface area contributed by atoms with Crippen LogP contribution in [-0.2, 0) is 34.2 Å². The predicted octanol–water partition coefficient (Wildman–Crippen LogP) is -0.163. The summed E-state index contributed by atoms with van der Waals surface area (Å²) < 4.78 is 7.38. The van der Waals surface area contributed by atoms with Crippen molar-refractivity contribution in [2.75, 3.05) is 26.7 Å². The quantitative estimate of drug-likeness (QED) is 0.648. The van der Waals surface area contributed by atoms with Crippen molar-refractivity contribution in [3.8, 4) is 0 Å². The molecule has 1 aliphatic heterocycles. The zero-order chi connectivity index (χ0) is 20.0. The maximum Gasteiger partial charge on any atom is 0.252 e. The van der Waals surface area contributed by atoms with Gasteiger partial charge in [0.25, 0.3) is 5.91 Å². The molecular weight excluding hydrogens is 362 g/mol. The van der Waals surface area contributed by atoms with Gasteiger partial charge in [-0.2, -0.15) is 20.5 Å². The Balaban J connectivity index is 1.46. The summed E-state index contributed by atoms with van der Waals surface area (Å²) in [7, 11) is 3.42. The molecule has 10 heteroatoms. The number of carbonyl (C=O) groups excluding carboxylic acids is 2. The van der Waals surface area contributed by atoms with Gasteiger partial charge in [-0.15, -0.1) is 0 Å². The van der Waals surface area contributed by atoms with Crippen LogP contribution in [0.5, 0.6) is 0 Å². The molecule has 3 rings (SSSR count). The molecule has 0 aliphatic carbocycles. The lowest BCUT2D eigenvalue weighted by atomic mass is 9.89. The molecule has 0 radical (unpaired) electrons. The van der Waals surface area contributed by atoms with Gasteiger partial charge in [0.05, 0.1) is 11.9 Å². The van der Waals surface area contributed by atoms with Crippen molar-refractivity contribution in [1.29, 1.82) is 0 Å². The number of aromatic nitrogens is 5. The van der Waals surface area contributed by atoms with E-state index >= 15 is 0 Å². The Morgan fingerprint density at radius 3 is 2.71 bits per heavy atom. The number of hydrogen-bond donors (Lipinski definition) is 2. The molecule has 0 unspecified atom stereocenters. The minimum absolute atomic E-state index is 0.0948. The highest BCUT2D eigenvalue weighted by Crippen LogP contribution is 2.26. The van der Waals surface area contributed by atoms with Gasteiger partial charge in [0.15, 0.2) is 0 Å². The fraction of sp³-hybridized carbons (Fsp3) is 0.611. The number of amides is 2. The number of piperidine rings is 1. The Kier molecular flexibility index (Phi) is 6.40. The number of H-pyrrole nitrogens is 1. The second-order valence-corrected chi connectivity index (χ2v) is 6.99. The normalized spacial score (nSPS) is 16.1. The fourth-order valence-electron chi connectivity index (χ4n) is 3.49. The number of ether oxygens (including phenoxy) is 1. The number of rotatable bonds is 8. The van der Waals surface area contributed by atoms with Crippen LogP contribution in [0.4, 0.5) is 0 Å². The standard InChI is InChI=1S/C18H27N7O3/c1-24-15(6-10-21-24)3-4-16(26)25-11-7-18(28-2,8-12-25)17(27)19-9-5-14-13-20-23-22-14/h6,10,13H,3-5,7-9,11-12H2,1-2H3,(H,19,27)(H,20,22,23). The lowest BCUT2D eigenvalue weighted by Gasteiger charge is -2.39. The predicted molar refractivity (Wildman–Crippen MR) is 100 cm³/mol. The number of methoxy groups -OCH3 is 1. The van der Waals surface area contributed by atoms with Crippen LogP contribution in [0.15, 0.2) is 18.5 Å². The van der Waals surface area contributed by atoms with E-state index < -0.39 is 5.60 Å². The van der Waals surface area contributed by atoms with Crippen molar-refractivity contribution in [2.24, 2.45) is 7.05 Å². The van der Waals surface area contributed by atoms with Gasteiger partial charge in [-0.1, -0.05) is 0 Å². The van der Waals surface area contributed by atoms with Crippen LogP contribution in [0.2, 0.25) is 0 Å². The SMILES string of the molecule is COC1(C(=O)NCCc2cn[nH]n2)CCN(C(=O)CCc2ccnn2C)CC1. The van der Waals surface area contributed by atoms with E-state index in [1.807, 2.05) is 18.0 Å². The summed E-state index contributed by atoms with van der Waals surface area (Å²) in [5.41, 5.74) is 0.937. The Bertz CT molecular complexity index is 779. The highest BCUT2D eigenvalue weighted by molar-refractivity contribution is 5.86. The van der Waals surface area contributed by atoms with Crippen molar-refractivity contribution < 1.29 is 14.3 Å². The molecule has 2 amide bonds. The summed E-state index contributed by atoms with van der Waals surface area (Å²) in [6, 6.07) is 1.92.